The van der Waals surface area contributed by atoms with E-state index in [2.05, 4.69) is 0 Å². The molecule has 0 saturated carbocycles. The van der Waals surface area contributed by atoms with Gasteiger partial charge in [-0.05, 0) is 54.0 Å². The van der Waals surface area contributed by atoms with E-state index in [0.29, 0.717) is 29.5 Å². The van der Waals surface area contributed by atoms with Crippen molar-refractivity contribution in [3.63, 3.8) is 0 Å². The number of benzene rings is 1. The Kier molecular flexibility index (Phi) is 11.3. The van der Waals surface area contributed by atoms with Crippen molar-refractivity contribution in [1.29, 1.82) is 0 Å². The summed E-state index contributed by atoms with van der Waals surface area (Å²) in [6, 6.07) is 10.6. The van der Waals surface area contributed by atoms with Crippen LogP contribution in [0.5, 0.6) is 0 Å². The van der Waals surface area contributed by atoms with E-state index < -0.39 is 34.0 Å². The Labute approximate surface area is 250 Å². The molecule has 0 aliphatic rings. The number of nitrogens with one attached hydrogen (secondary N) is 1. The van der Waals surface area contributed by atoms with E-state index in [4.69, 9.17) is 9.15 Å². The Balaban J connectivity index is 1.94. The molecule has 3 aromatic rings. The number of carbonyl (C=O) groups excluding carboxylic acids is 2. The SMILES string of the molecule is CCCCOC(=O)NS(=O)(=O)c1sc(CC(C)C)cc1-c1ccc(CN(C(=O)c2ccco2)[C@H](C(=O)O)C(C)C)cc1. The molecule has 1 aromatic carbocycles. The maximum Gasteiger partial charge on any atom is 0.421 e. The molecule has 228 valence electrons. The molecule has 2 N–H and O–H groups in total. The van der Waals surface area contributed by atoms with Crippen molar-refractivity contribution in [2.75, 3.05) is 6.61 Å². The van der Waals surface area contributed by atoms with Crippen LogP contribution in [0, 0.1) is 11.8 Å². The predicted molar refractivity (Wildman–Crippen MR) is 160 cm³/mol. The summed E-state index contributed by atoms with van der Waals surface area (Å²) in [4.78, 5) is 39.6. The number of nitrogens with zero attached hydrogens (tertiary/aromatic N) is 1. The lowest BCUT2D eigenvalue weighted by molar-refractivity contribution is -0.144. The van der Waals surface area contributed by atoms with Crippen molar-refractivity contribution in [1.82, 2.24) is 9.62 Å². The van der Waals surface area contributed by atoms with E-state index in [1.165, 1.54) is 17.2 Å². The van der Waals surface area contributed by atoms with Gasteiger partial charge in [0.15, 0.2) is 5.76 Å². The van der Waals surface area contributed by atoms with E-state index in [1.54, 1.807) is 44.2 Å². The Morgan fingerprint density at radius 1 is 1.10 bits per heavy atom. The number of hydrogen-bond acceptors (Lipinski definition) is 8. The Hall–Kier alpha value is -3.64. The number of thiophene rings is 1. The quantitative estimate of drug-likeness (QED) is 0.204. The average Bonchev–Trinajstić information content (AvgIpc) is 3.58. The van der Waals surface area contributed by atoms with E-state index in [1.807, 2.05) is 31.6 Å². The van der Waals surface area contributed by atoms with Gasteiger partial charge in [-0.2, -0.15) is 0 Å². The monoisotopic (exact) mass is 618 g/mol. The van der Waals surface area contributed by atoms with Gasteiger partial charge in [-0.25, -0.2) is 22.7 Å². The van der Waals surface area contributed by atoms with Crippen LogP contribution in [0.25, 0.3) is 11.1 Å². The van der Waals surface area contributed by atoms with Crippen LogP contribution in [0.2, 0.25) is 0 Å². The van der Waals surface area contributed by atoms with Gasteiger partial charge in [0.05, 0.1) is 12.9 Å². The molecule has 0 bridgehead atoms. The number of sulfonamides is 1. The van der Waals surface area contributed by atoms with Crippen LogP contribution in [0.1, 0.15) is 68.5 Å². The predicted octanol–water partition coefficient (Wildman–Crippen LogP) is 6.17. The largest absolute Gasteiger partial charge is 0.480 e. The van der Waals surface area contributed by atoms with Gasteiger partial charge in [-0.15, -0.1) is 11.3 Å². The van der Waals surface area contributed by atoms with Crippen molar-refractivity contribution in [3.05, 3.63) is 64.9 Å². The number of hydrogen-bond donors (Lipinski definition) is 2. The van der Waals surface area contributed by atoms with Crippen molar-refractivity contribution < 1.29 is 37.1 Å². The van der Waals surface area contributed by atoms with E-state index >= 15 is 0 Å². The minimum absolute atomic E-state index is 0.00119. The third kappa shape index (κ3) is 8.45. The van der Waals surface area contributed by atoms with Crippen LogP contribution < -0.4 is 4.72 Å². The Bertz CT molecular complexity index is 1460. The molecule has 0 spiro atoms. The minimum Gasteiger partial charge on any atom is -0.480 e. The second-order valence-corrected chi connectivity index (χ2v) is 13.8. The van der Waals surface area contributed by atoms with Crippen LogP contribution in [0.4, 0.5) is 4.79 Å². The Morgan fingerprint density at radius 3 is 2.33 bits per heavy atom. The number of amides is 2. The average molecular weight is 619 g/mol. The Morgan fingerprint density at radius 2 is 1.79 bits per heavy atom. The summed E-state index contributed by atoms with van der Waals surface area (Å²) < 4.78 is 38.8. The molecule has 0 aliphatic heterocycles. The lowest BCUT2D eigenvalue weighted by atomic mass is 10.0. The fourth-order valence-corrected chi connectivity index (χ4v) is 7.27. The van der Waals surface area contributed by atoms with Crippen LogP contribution in [0.15, 0.2) is 57.4 Å². The van der Waals surface area contributed by atoms with Gasteiger partial charge >= 0.3 is 12.1 Å². The second-order valence-electron chi connectivity index (χ2n) is 10.7. The zero-order valence-corrected chi connectivity index (χ0v) is 26.1. The normalized spacial score (nSPS) is 12.4. The standard InChI is InChI=1S/C30H38N2O8S2/c1-6-7-14-40-30(36)31-42(37,38)29-24(17-23(41-29)16-19(2)3)22-12-10-21(11-13-22)18-32(26(20(4)5)28(34)35)27(33)25-9-8-15-39-25/h8-13,15,17,19-20,26H,6-7,14,16,18H2,1-5H3,(H,31,36)(H,34,35)/t26-/m0/s1. The van der Waals surface area contributed by atoms with Crippen molar-refractivity contribution in [2.24, 2.45) is 11.8 Å². The topological polar surface area (TPSA) is 143 Å². The fourth-order valence-electron chi connectivity index (χ4n) is 4.42. The fraction of sp³-hybridized carbons (Fsp3) is 0.433. The summed E-state index contributed by atoms with van der Waals surface area (Å²) in [6.45, 7) is 9.56. The summed E-state index contributed by atoms with van der Waals surface area (Å²) in [5, 5.41) is 9.91. The van der Waals surface area contributed by atoms with Crippen LogP contribution >= 0.6 is 11.3 Å². The molecule has 3 rings (SSSR count). The molecule has 0 fully saturated rings. The van der Waals surface area contributed by atoms with Gasteiger partial charge in [0.1, 0.15) is 10.3 Å². The number of unbranched alkanes of at least 4 members (excludes halogenated alkanes) is 1. The zero-order chi connectivity index (χ0) is 31.0. The van der Waals surface area contributed by atoms with Gasteiger partial charge in [-0.1, -0.05) is 65.3 Å². The van der Waals surface area contributed by atoms with E-state index in [-0.39, 0.29) is 35.0 Å². The molecule has 0 unspecified atom stereocenters. The molecular weight excluding hydrogens is 580 g/mol. The maximum absolute atomic E-state index is 13.3. The number of carboxylic acids is 1. The molecule has 10 nitrogen and oxygen atoms in total. The highest BCUT2D eigenvalue weighted by molar-refractivity contribution is 7.92. The van der Waals surface area contributed by atoms with E-state index in [9.17, 15) is 27.9 Å². The summed E-state index contributed by atoms with van der Waals surface area (Å²) in [5.41, 5.74) is 1.67. The number of carbonyl (C=O) groups is 3. The summed E-state index contributed by atoms with van der Waals surface area (Å²) in [5.74, 6) is -1.74. The molecule has 1 atom stereocenters. The van der Waals surface area contributed by atoms with Crippen molar-refractivity contribution in [2.45, 2.75) is 70.7 Å². The maximum atomic E-state index is 13.3. The van der Waals surface area contributed by atoms with Crippen molar-refractivity contribution >= 4 is 39.3 Å². The zero-order valence-electron chi connectivity index (χ0n) is 24.5. The van der Waals surface area contributed by atoms with Gasteiger partial charge < -0.3 is 19.2 Å². The molecule has 0 aliphatic carbocycles. The number of carboxylic acid groups (broad SMARTS) is 1. The highest BCUT2D eigenvalue weighted by Gasteiger charge is 2.34. The molecule has 42 heavy (non-hydrogen) atoms. The number of furan rings is 1. The number of ether oxygens (including phenoxy) is 1. The molecule has 12 heteroatoms. The van der Waals surface area contributed by atoms with Gasteiger partial charge in [0, 0.05) is 17.0 Å². The van der Waals surface area contributed by atoms with Crippen LogP contribution in [0.3, 0.4) is 0 Å². The lowest BCUT2D eigenvalue weighted by Gasteiger charge is -2.31. The smallest absolute Gasteiger partial charge is 0.421 e. The summed E-state index contributed by atoms with van der Waals surface area (Å²) in [6.07, 6.45) is 2.40. The molecule has 0 saturated heterocycles. The minimum atomic E-state index is -4.22. The second kappa shape index (κ2) is 14.5. The first-order chi connectivity index (χ1) is 19.8. The molecular formula is C30H38N2O8S2. The molecule has 2 amide bonds. The number of aliphatic carboxylic acids is 1. The highest BCUT2D eigenvalue weighted by Crippen LogP contribution is 2.36. The molecule has 2 aromatic heterocycles. The molecule has 2 heterocycles. The summed E-state index contributed by atoms with van der Waals surface area (Å²) in [7, 11) is -4.22. The lowest BCUT2D eigenvalue weighted by Crippen LogP contribution is -2.47. The van der Waals surface area contributed by atoms with Crippen molar-refractivity contribution in [3.8, 4) is 11.1 Å². The first-order valence-electron chi connectivity index (χ1n) is 13.8. The van der Waals surface area contributed by atoms with Gasteiger partial charge in [0.2, 0.25) is 0 Å². The first-order valence-corrected chi connectivity index (χ1v) is 16.1. The first kappa shape index (κ1) is 32.9. The van der Waals surface area contributed by atoms with E-state index in [0.717, 1.165) is 22.6 Å². The third-order valence-electron chi connectivity index (χ3n) is 6.38. The number of rotatable bonds is 14. The van der Waals surface area contributed by atoms with Gasteiger partial charge in [-0.3, -0.25) is 4.79 Å². The van der Waals surface area contributed by atoms with Crippen LogP contribution in [-0.4, -0.2) is 49.0 Å². The van der Waals surface area contributed by atoms with Gasteiger partial charge in [0.25, 0.3) is 15.9 Å². The summed E-state index contributed by atoms with van der Waals surface area (Å²) >= 11 is 1.10. The third-order valence-corrected chi connectivity index (χ3v) is 9.39. The molecule has 0 radical (unpaired) electrons. The van der Waals surface area contributed by atoms with Crippen LogP contribution in [-0.2, 0) is 32.5 Å². The highest BCUT2D eigenvalue weighted by atomic mass is 32.2.